The van der Waals surface area contributed by atoms with Gasteiger partial charge >= 0.3 is 19.8 Å². The van der Waals surface area contributed by atoms with Crippen LogP contribution in [0.15, 0.2) is 24.3 Å². The van der Waals surface area contributed by atoms with Crippen LogP contribution in [-0.4, -0.2) is 46.8 Å². The van der Waals surface area contributed by atoms with Gasteiger partial charge in [0, 0.05) is 19.3 Å². The number of unbranched alkanes of at least 4 members (excludes halogenated alkanes) is 18. The van der Waals surface area contributed by atoms with E-state index >= 15 is 0 Å². The molecule has 0 amide bonds. The summed E-state index contributed by atoms with van der Waals surface area (Å²) < 4.78 is 26.3. The zero-order valence-corrected chi connectivity index (χ0v) is 32.1. The van der Waals surface area contributed by atoms with Crippen LogP contribution in [-0.2, 0) is 32.9 Å². The van der Waals surface area contributed by atoms with Gasteiger partial charge in [0.1, 0.15) is 6.61 Å². The Balaban J connectivity index is 4.01. The van der Waals surface area contributed by atoms with Crippen molar-refractivity contribution in [2.75, 3.05) is 13.2 Å². The fraction of sp³-hybridized carbons (Fsp3) is 0.821. The number of carbonyl (C=O) groups is 3. The average molecular weight is 715 g/mol. The Labute approximate surface area is 298 Å². The molecule has 286 valence electrons. The lowest BCUT2D eigenvalue weighted by atomic mass is 10.0. The Bertz CT molecular complexity index is 925. The topological polar surface area (TPSA) is 136 Å². The van der Waals surface area contributed by atoms with Gasteiger partial charge in [-0.15, -0.1) is 0 Å². The van der Waals surface area contributed by atoms with Crippen LogP contribution in [0.3, 0.4) is 0 Å². The highest BCUT2D eigenvalue weighted by Crippen LogP contribution is 2.36. The van der Waals surface area contributed by atoms with Gasteiger partial charge in [0.2, 0.25) is 0 Å². The molecule has 2 N–H and O–H groups in total. The fourth-order valence-corrected chi connectivity index (χ4v) is 5.78. The average Bonchev–Trinajstić information content (AvgIpc) is 3.04. The van der Waals surface area contributed by atoms with Gasteiger partial charge in [0.15, 0.2) is 11.9 Å². The quantitative estimate of drug-likeness (QED) is 0.0216. The maximum Gasteiger partial charge on any atom is 0.469 e. The first-order valence-corrected chi connectivity index (χ1v) is 21.0. The van der Waals surface area contributed by atoms with E-state index in [0.29, 0.717) is 19.3 Å². The molecular weight excluding hydrogens is 643 g/mol. The molecule has 49 heavy (non-hydrogen) atoms. The third-order valence-electron chi connectivity index (χ3n) is 8.38. The lowest BCUT2D eigenvalue weighted by Gasteiger charge is -2.18. The number of ether oxygens (including phenoxy) is 2. The van der Waals surface area contributed by atoms with Crippen LogP contribution < -0.4 is 0 Å². The molecule has 0 rings (SSSR count). The van der Waals surface area contributed by atoms with Crippen molar-refractivity contribution in [2.45, 2.75) is 187 Å². The van der Waals surface area contributed by atoms with Gasteiger partial charge in [0.25, 0.3) is 0 Å². The first-order valence-electron chi connectivity index (χ1n) is 19.4. The Morgan fingerprint density at radius 3 is 1.69 bits per heavy atom. The molecule has 0 aromatic carbocycles. The molecule has 0 bridgehead atoms. The van der Waals surface area contributed by atoms with Gasteiger partial charge in [-0.2, -0.15) is 0 Å². The number of hydrogen-bond donors (Lipinski definition) is 2. The van der Waals surface area contributed by atoms with E-state index in [2.05, 4.69) is 31.4 Å². The molecule has 0 spiro atoms. The molecule has 0 aromatic rings. The monoisotopic (exact) mass is 714 g/mol. The summed E-state index contributed by atoms with van der Waals surface area (Å²) in [6, 6.07) is 0. The Hall–Kier alpha value is -1.80. The highest BCUT2D eigenvalue weighted by Gasteiger charge is 2.22. The van der Waals surface area contributed by atoms with Crippen molar-refractivity contribution in [1.82, 2.24) is 0 Å². The smallest absolute Gasteiger partial charge is 0.462 e. The van der Waals surface area contributed by atoms with Crippen molar-refractivity contribution >= 4 is 25.5 Å². The van der Waals surface area contributed by atoms with E-state index in [1.165, 1.54) is 64.2 Å². The number of hydrogen-bond acceptors (Lipinski definition) is 7. The summed E-state index contributed by atoms with van der Waals surface area (Å²) in [5, 5.41) is 0. The maximum atomic E-state index is 12.4. The van der Waals surface area contributed by atoms with Crippen LogP contribution in [0.25, 0.3) is 0 Å². The second-order valence-electron chi connectivity index (χ2n) is 13.8. The number of phosphoric acid groups is 1. The van der Waals surface area contributed by atoms with E-state index in [0.717, 1.165) is 70.1 Å². The largest absolute Gasteiger partial charge is 0.469 e. The molecule has 0 aliphatic rings. The third kappa shape index (κ3) is 37.3. The van der Waals surface area contributed by atoms with Crippen molar-refractivity contribution < 1.29 is 42.7 Å². The van der Waals surface area contributed by atoms with Crippen molar-refractivity contribution in [3.63, 3.8) is 0 Å². The lowest BCUT2D eigenvalue weighted by molar-refractivity contribution is -0.161. The van der Waals surface area contributed by atoms with Crippen LogP contribution in [0.5, 0.6) is 0 Å². The van der Waals surface area contributed by atoms with Gasteiger partial charge in [-0.1, -0.05) is 148 Å². The normalized spacial score (nSPS) is 12.7. The summed E-state index contributed by atoms with van der Waals surface area (Å²) in [6.45, 7) is 5.83. The van der Waals surface area contributed by atoms with Crippen molar-refractivity contribution in [3.8, 4) is 0 Å². The minimum absolute atomic E-state index is 0.162. The number of rotatable bonds is 35. The van der Waals surface area contributed by atoms with Crippen molar-refractivity contribution in [2.24, 2.45) is 5.92 Å². The second-order valence-corrected chi connectivity index (χ2v) is 15.0. The molecule has 0 saturated carbocycles. The van der Waals surface area contributed by atoms with E-state index in [1.807, 2.05) is 6.08 Å². The lowest BCUT2D eigenvalue weighted by Crippen LogP contribution is -2.29. The molecule has 0 unspecified atom stereocenters. The minimum atomic E-state index is -4.77. The zero-order valence-electron chi connectivity index (χ0n) is 31.3. The van der Waals surface area contributed by atoms with E-state index < -0.39 is 32.5 Å². The minimum Gasteiger partial charge on any atom is -0.462 e. The summed E-state index contributed by atoms with van der Waals surface area (Å²) in [5.41, 5.74) is 0. The third-order valence-corrected chi connectivity index (χ3v) is 8.86. The Morgan fingerprint density at radius 2 is 1.14 bits per heavy atom. The van der Waals surface area contributed by atoms with E-state index in [1.54, 1.807) is 12.2 Å². The molecule has 10 heteroatoms. The number of ketones is 1. The number of esters is 2. The first kappa shape index (κ1) is 47.2. The van der Waals surface area contributed by atoms with Gasteiger partial charge in [-0.25, -0.2) is 4.57 Å². The standard InChI is InChI=1S/C39H71O9P/c1-4-5-23-29-36(40)30-25-20-16-12-10-14-18-22-27-32-39(42)48-37(34-47-49(43,44)45)33-46-38(41)31-26-21-17-13-9-7-6-8-11-15-19-24-28-35(2)3/h16,20,25,30,35,37H,4-15,17-19,21-24,26-29,31-34H2,1-3H3,(H2,43,44,45)/b20-16-,30-25+/t37-/m1/s1. The molecule has 0 fully saturated rings. The summed E-state index contributed by atoms with van der Waals surface area (Å²) >= 11 is 0. The maximum absolute atomic E-state index is 12.4. The Kier molecular flexibility index (Phi) is 32.1. The van der Waals surface area contributed by atoms with E-state index in [9.17, 15) is 18.9 Å². The zero-order chi connectivity index (χ0) is 36.4. The fourth-order valence-electron chi connectivity index (χ4n) is 5.42. The SMILES string of the molecule is CCCCCC(=O)/C=C/C=C\CCCCCCCC(=O)O[C@H](COC(=O)CCCCCCCCCCCCCCC(C)C)COP(=O)(O)O. The van der Waals surface area contributed by atoms with E-state index in [4.69, 9.17) is 19.3 Å². The molecular formula is C39H71O9P. The summed E-state index contributed by atoms with van der Waals surface area (Å²) in [7, 11) is -4.77. The summed E-state index contributed by atoms with van der Waals surface area (Å²) in [5.74, 6) is 0.0415. The van der Waals surface area contributed by atoms with Gasteiger partial charge in [-0.05, 0) is 44.1 Å². The first-order chi connectivity index (χ1) is 23.5. The predicted molar refractivity (Wildman–Crippen MR) is 198 cm³/mol. The highest BCUT2D eigenvalue weighted by molar-refractivity contribution is 7.46. The molecule has 0 saturated heterocycles. The van der Waals surface area contributed by atoms with Gasteiger partial charge in [-0.3, -0.25) is 18.9 Å². The van der Waals surface area contributed by atoms with Crippen LogP contribution in [0, 0.1) is 5.92 Å². The van der Waals surface area contributed by atoms with Crippen LogP contribution >= 0.6 is 7.82 Å². The van der Waals surface area contributed by atoms with E-state index in [-0.39, 0.29) is 25.2 Å². The van der Waals surface area contributed by atoms with Gasteiger partial charge in [0.05, 0.1) is 6.61 Å². The summed E-state index contributed by atoms with van der Waals surface area (Å²) in [4.78, 5) is 54.4. The number of allylic oxidation sites excluding steroid dienone is 4. The van der Waals surface area contributed by atoms with Crippen LogP contribution in [0.1, 0.15) is 181 Å². The van der Waals surface area contributed by atoms with Crippen LogP contribution in [0.2, 0.25) is 0 Å². The molecule has 1 atom stereocenters. The molecule has 0 aliphatic heterocycles. The van der Waals surface area contributed by atoms with Gasteiger partial charge < -0.3 is 19.3 Å². The molecule has 9 nitrogen and oxygen atoms in total. The van der Waals surface area contributed by atoms with Crippen molar-refractivity contribution in [3.05, 3.63) is 24.3 Å². The summed E-state index contributed by atoms with van der Waals surface area (Å²) in [6.07, 6.45) is 31.7. The molecule has 0 heterocycles. The Morgan fingerprint density at radius 1 is 0.633 bits per heavy atom. The number of carbonyl (C=O) groups excluding carboxylic acids is 3. The second kappa shape index (κ2) is 33.3. The molecule has 0 aliphatic carbocycles. The number of phosphoric ester groups is 1. The molecule has 0 aromatic heterocycles. The van der Waals surface area contributed by atoms with Crippen LogP contribution in [0.4, 0.5) is 0 Å². The highest BCUT2D eigenvalue weighted by atomic mass is 31.2. The predicted octanol–water partition coefficient (Wildman–Crippen LogP) is 10.7. The van der Waals surface area contributed by atoms with Crippen molar-refractivity contribution in [1.29, 1.82) is 0 Å². The molecule has 0 radical (unpaired) electrons.